The van der Waals surface area contributed by atoms with Gasteiger partial charge in [0, 0.05) is 17.1 Å². The third kappa shape index (κ3) is 4.04. The first-order valence-corrected chi connectivity index (χ1v) is 7.43. The van der Waals surface area contributed by atoms with Crippen LogP contribution in [0.1, 0.15) is 16.7 Å². The Morgan fingerprint density at radius 1 is 1.05 bits per heavy atom. The number of thioether (sulfide) groups is 1. The second-order valence-electron chi connectivity index (χ2n) is 4.14. The van der Waals surface area contributed by atoms with Gasteiger partial charge in [-0.3, -0.25) is 0 Å². The number of nitrogens with two attached hydrogens (primary N) is 1. The van der Waals surface area contributed by atoms with Gasteiger partial charge in [-0.1, -0.05) is 48.6 Å². The molecule has 1 nitrogen and oxygen atoms in total. The molecule has 0 saturated heterocycles. The number of thiocarbonyl (C=S) groups is 1. The van der Waals surface area contributed by atoms with E-state index in [1.807, 2.05) is 36.4 Å². The molecule has 0 amide bonds. The third-order valence-electron chi connectivity index (χ3n) is 2.72. The predicted octanol–water partition coefficient (Wildman–Crippen LogP) is 3.89. The maximum Gasteiger partial charge on any atom is 0.123 e. The van der Waals surface area contributed by atoms with Gasteiger partial charge in [0.15, 0.2) is 0 Å². The summed E-state index contributed by atoms with van der Waals surface area (Å²) in [5.74, 6) is 1.48. The van der Waals surface area contributed by atoms with E-state index in [0.717, 1.165) is 28.2 Å². The van der Waals surface area contributed by atoms with Gasteiger partial charge in [0.25, 0.3) is 0 Å². The van der Waals surface area contributed by atoms with Crippen LogP contribution in [0.4, 0.5) is 4.39 Å². The maximum absolute atomic E-state index is 12.8. The zero-order valence-electron chi connectivity index (χ0n) is 10.3. The minimum atomic E-state index is -0.201. The molecule has 0 heterocycles. The van der Waals surface area contributed by atoms with Gasteiger partial charge < -0.3 is 5.73 Å². The summed E-state index contributed by atoms with van der Waals surface area (Å²) in [5, 5.41) is 0. The van der Waals surface area contributed by atoms with Crippen molar-refractivity contribution in [2.24, 2.45) is 5.73 Å². The summed E-state index contributed by atoms with van der Waals surface area (Å²) in [6.07, 6.45) is 0. The highest BCUT2D eigenvalue weighted by Gasteiger charge is 2.04. The highest BCUT2D eigenvalue weighted by Crippen LogP contribution is 2.20. The van der Waals surface area contributed by atoms with Gasteiger partial charge in [0.05, 0.1) is 0 Å². The van der Waals surface area contributed by atoms with Crippen molar-refractivity contribution in [3.05, 3.63) is 71.0 Å². The molecule has 19 heavy (non-hydrogen) atoms. The molecule has 0 spiro atoms. The predicted molar refractivity (Wildman–Crippen MR) is 83.7 cm³/mol. The van der Waals surface area contributed by atoms with Crippen molar-refractivity contribution in [1.82, 2.24) is 0 Å². The lowest BCUT2D eigenvalue weighted by Gasteiger charge is -2.07. The zero-order chi connectivity index (χ0) is 13.7. The van der Waals surface area contributed by atoms with Crippen LogP contribution in [0.15, 0.2) is 48.5 Å². The normalized spacial score (nSPS) is 10.4. The summed E-state index contributed by atoms with van der Waals surface area (Å²) >= 11 is 6.79. The fourth-order valence-electron chi connectivity index (χ4n) is 1.75. The SMILES string of the molecule is NC(=S)c1ccccc1CSCc1ccc(F)cc1. The molecule has 0 aliphatic carbocycles. The van der Waals surface area contributed by atoms with Gasteiger partial charge in [0.1, 0.15) is 10.8 Å². The third-order valence-corrected chi connectivity index (χ3v) is 3.99. The molecule has 0 aliphatic heterocycles. The molecule has 2 rings (SSSR count). The van der Waals surface area contributed by atoms with Crippen LogP contribution in [0.5, 0.6) is 0 Å². The molecule has 2 N–H and O–H groups in total. The van der Waals surface area contributed by atoms with Crippen molar-refractivity contribution >= 4 is 29.0 Å². The molecular weight excluding hydrogens is 277 g/mol. The first kappa shape index (κ1) is 14.0. The molecule has 0 aromatic heterocycles. The van der Waals surface area contributed by atoms with E-state index in [1.54, 1.807) is 11.8 Å². The Hall–Kier alpha value is -1.39. The second-order valence-corrected chi connectivity index (χ2v) is 5.57. The average molecular weight is 291 g/mol. The average Bonchev–Trinajstić information content (AvgIpc) is 2.41. The molecule has 0 atom stereocenters. The van der Waals surface area contributed by atoms with Crippen molar-refractivity contribution in [2.45, 2.75) is 11.5 Å². The highest BCUT2D eigenvalue weighted by molar-refractivity contribution is 7.97. The van der Waals surface area contributed by atoms with E-state index in [2.05, 4.69) is 0 Å². The van der Waals surface area contributed by atoms with E-state index in [9.17, 15) is 4.39 Å². The number of benzene rings is 2. The van der Waals surface area contributed by atoms with Gasteiger partial charge in [-0.05, 0) is 23.3 Å². The lowest BCUT2D eigenvalue weighted by molar-refractivity contribution is 0.627. The van der Waals surface area contributed by atoms with Crippen LogP contribution in [0.25, 0.3) is 0 Å². The van der Waals surface area contributed by atoms with Gasteiger partial charge in [0.2, 0.25) is 0 Å². The Morgan fingerprint density at radius 3 is 2.42 bits per heavy atom. The molecule has 2 aromatic rings. The number of halogens is 1. The molecule has 0 unspecified atom stereocenters. The monoisotopic (exact) mass is 291 g/mol. The lowest BCUT2D eigenvalue weighted by atomic mass is 10.1. The van der Waals surface area contributed by atoms with Crippen LogP contribution in [0.2, 0.25) is 0 Å². The molecule has 0 bridgehead atoms. The Bertz CT molecular complexity index is 567. The van der Waals surface area contributed by atoms with Crippen molar-refractivity contribution in [3.63, 3.8) is 0 Å². The molecular formula is C15H14FNS2. The summed E-state index contributed by atoms with van der Waals surface area (Å²) in [5.41, 5.74) is 8.88. The van der Waals surface area contributed by atoms with Crippen LogP contribution in [-0.4, -0.2) is 4.99 Å². The van der Waals surface area contributed by atoms with Crippen molar-refractivity contribution in [3.8, 4) is 0 Å². The standard InChI is InChI=1S/C15H14FNS2/c16-13-7-5-11(6-8-13)9-19-10-12-3-1-2-4-14(12)15(17)18/h1-8H,9-10H2,(H2,17,18). The van der Waals surface area contributed by atoms with Crippen molar-refractivity contribution < 1.29 is 4.39 Å². The van der Waals surface area contributed by atoms with E-state index in [1.165, 1.54) is 12.1 Å². The smallest absolute Gasteiger partial charge is 0.123 e. The van der Waals surface area contributed by atoms with Crippen LogP contribution in [-0.2, 0) is 11.5 Å². The first-order chi connectivity index (χ1) is 9.16. The number of hydrogen-bond donors (Lipinski definition) is 1. The molecule has 0 radical (unpaired) electrons. The molecule has 0 fully saturated rings. The molecule has 0 aliphatic rings. The highest BCUT2D eigenvalue weighted by atomic mass is 32.2. The van der Waals surface area contributed by atoms with Crippen molar-refractivity contribution in [1.29, 1.82) is 0 Å². The topological polar surface area (TPSA) is 26.0 Å². The number of rotatable bonds is 5. The van der Waals surface area contributed by atoms with Crippen LogP contribution < -0.4 is 5.73 Å². The maximum atomic E-state index is 12.8. The van der Waals surface area contributed by atoms with Crippen LogP contribution in [0, 0.1) is 5.82 Å². The Labute approximate surface area is 122 Å². The summed E-state index contributed by atoms with van der Waals surface area (Å²) in [6, 6.07) is 14.5. The van der Waals surface area contributed by atoms with E-state index in [-0.39, 0.29) is 5.82 Å². The van der Waals surface area contributed by atoms with Gasteiger partial charge in [-0.25, -0.2) is 4.39 Å². The second kappa shape index (κ2) is 6.68. The Kier molecular flexibility index (Phi) is 4.93. The van der Waals surface area contributed by atoms with Gasteiger partial charge >= 0.3 is 0 Å². The Balaban J connectivity index is 1.96. The summed E-state index contributed by atoms with van der Waals surface area (Å²) in [4.78, 5) is 0.429. The van der Waals surface area contributed by atoms with Crippen LogP contribution in [0.3, 0.4) is 0 Å². The molecule has 4 heteroatoms. The fourth-order valence-corrected chi connectivity index (χ4v) is 2.95. The Morgan fingerprint density at radius 2 is 1.74 bits per heavy atom. The van der Waals surface area contributed by atoms with Gasteiger partial charge in [-0.2, -0.15) is 11.8 Å². The largest absolute Gasteiger partial charge is 0.389 e. The fraction of sp³-hybridized carbons (Fsp3) is 0.133. The quantitative estimate of drug-likeness (QED) is 0.846. The summed E-state index contributed by atoms with van der Waals surface area (Å²) in [7, 11) is 0. The van der Waals surface area contributed by atoms with Gasteiger partial charge in [-0.15, -0.1) is 0 Å². The summed E-state index contributed by atoms with van der Waals surface area (Å²) < 4.78 is 12.8. The minimum absolute atomic E-state index is 0.201. The lowest BCUT2D eigenvalue weighted by Crippen LogP contribution is -2.11. The van der Waals surface area contributed by atoms with Crippen molar-refractivity contribution in [2.75, 3.05) is 0 Å². The van der Waals surface area contributed by atoms with E-state index >= 15 is 0 Å². The van der Waals surface area contributed by atoms with Crippen LogP contribution >= 0.6 is 24.0 Å². The first-order valence-electron chi connectivity index (χ1n) is 5.86. The molecule has 2 aromatic carbocycles. The number of hydrogen-bond acceptors (Lipinski definition) is 2. The minimum Gasteiger partial charge on any atom is -0.389 e. The van der Waals surface area contributed by atoms with E-state index in [4.69, 9.17) is 18.0 Å². The van der Waals surface area contributed by atoms with E-state index < -0.39 is 0 Å². The molecule has 0 saturated carbocycles. The zero-order valence-corrected chi connectivity index (χ0v) is 11.9. The molecule has 98 valence electrons. The van der Waals surface area contributed by atoms with E-state index in [0.29, 0.717) is 4.99 Å². The summed E-state index contributed by atoms with van der Waals surface area (Å²) in [6.45, 7) is 0.